The third-order valence-corrected chi connectivity index (χ3v) is 2.77. The third kappa shape index (κ3) is 7.25. The fraction of sp³-hybridized carbons (Fsp3) is 0.467. The number of non-ortho nitro benzene ring substituents is 1. The molecule has 0 fully saturated rings. The molecule has 0 unspecified atom stereocenters. The van der Waals surface area contributed by atoms with Crippen LogP contribution in [0.4, 0.5) is 10.5 Å². The maximum absolute atomic E-state index is 11.8. The van der Waals surface area contributed by atoms with Gasteiger partial charge in [-0.3, -0.25) is 14.9 Å². The van der Waals surface area contributed by atoms with Crippen LogP contribution >= 0.6 is 0 Å². The number of rotatable bonds is 6. The fourth-order valence-electron chi connectivity index (χ4n) is 1.90. The number of hydrogen-bond acceptors (Lipinski definition) is 5. The molecule has 0 heterocycles. The number of ether oxygens (including phenoxy) is 1. The standard InChI is InChI=1S/C15H20N2O6/c1-15(2,3)23-14(20)16-11(9-13(18)19)8-10-4-6-12(7-5-10)17(21)22/h4-7,11H,8-9H2,1-3H3,(H,16,20)(H,18,19)/t11-/m0/s1. The van der Waals surface area contributed by atoms with Crippen LogP contribution in [0.3, 0.4) is 0 Å². The van der Waals surface area contributed by atoms with Crippen molar-refractivity contribution in [3.05, 3.63) is 39.9 Å². The van der Waals surface area contributed by atoms with Gasteiger partial charge in [-0.15, -0.1) is 0 Å². The highest BCUT2D eigenvalue weighted by molar-refractivity contribution is 5.71. The molecule has 0 aliphatic heterocycles. The molecule has 8 nitrogen and oxygen atoms in total. The summed E-state index contributed by atoms with van der Waals surface area (Å²) in [7, 11) is 0. The van der Waals surface area contributed by atoms with Gasteiger partial charge in [0, 0.05) is 18.2 Å². The summed E-state index contributed by atoms with van der Waals surface area (Å²) in [6, 6.07) is 5.05. The zero-order valence-corrected chi connectivity index (χ0v) is 13.2. The van der Waals surface area contributed by atoms with Crippen molar-refractivity contribution in [2.45, 2.75) is 45.3 Å². The number of carboxylic acid groups (broad SMARTS) is 1. The molecular formula is C15H20N2O6. The third-order valence-electron chi connectivity index (χ3n) is 2.77. The van der Waals surface area contributed by atoms with E-state index in [0.29, 0.717) is 5.56 Å². The normalized spacial score (nSPS) is 12.3. The van der Waals surface area contributed by atoms with Crippen LogP contribution < -0.4 is 5.32 Å². The summed E-state index contributed by atoms with van der Waals surface area (Å²) in [5, 5.41) is 22.1. The van der Waals surface area contributed by atoms with Gasteiger partial charge >= 0.3 is 12.1 Å². The summed E-state index contributed by atoms with van der Waals surface area (Å²) >= 11 is 0. The summed E-state index contributed by atoms with van der Waals surface area (Å²) in [4.78, 5) is 32.8. The summed E-state index contributed by atoms with van der Waals surface area (Å²) in [5.74, 6) is -1.06. The average Bonchev–Trinajstić information content (AvgIpc) is 2.35. The number of benzene rings is 1. The van der Waals surface area contributed by atoms with E-state index >= 15 is 0 Å². The van der Waals surface area contributed by atoms with E-state index in [-0.39, 0.29) is 18.5 Å². The molecule has 23 heavy (non-hydrogen) atoms. The lowest BCUT2D eigenvalue weighted by atomic mass is 10.0. The Hall–Kier alpha value is -2.64. The average molecular weight is 324 g/mol. The Morgan fingerprint density at radius 1 is 1.30 bits per heavy atom. The van der Waals surface area contributed by atoms with Crippen molar-refractivity contribution >= 4 is 17.7 Å². The number of carbonyl (C=O) groups is 2. The Labute approximate surface area is 133 Å². The van der Waals surface area contributed by atoms with Crippen molar-refractivity contribution in [1.29, 1.82) is 0 Å². The molecule has 0 saturated carbocycles. The summed E-state index contributed by atoms with van der Waals surface area (Å²) < 4.78 is 5.11. The van der Waals surface area contributed by atoms with E-state index < -0.39 is 28.6 Å². The van der Waals surface area contributed by atoms with Crippen molar-refractivity contribution < 1.29 is 24.4 Å². The SMILES string of the molecule is CC(C)(C)OC(=O)N[C@H](CC(=O)O)Cc1ccc([N+](=O)[O-])cc1. The van der Waals surface area contributed by atoms with E-state index in [0.717, 1.165) is 0 Å². The van der Waals surface area contributed by atoms with E-state index in [1.165, 1.54) is 24.3 Å². The highest BCUT2D eigenvalue weighted by atomic mass is 16.6. The molecule has 126 valence electrons. The molecule has 8 heteroatoms. The number of nitrogens with one attached hydrogen (secondary N) is 1. The van der Waals surface area contributed by atoms with Gasteiger partial charge in [-0.2, -0.15) is 0 Å². The smallest absolute Gasteiger partial charge is 0.407 e. The summed E-state index contributed by atoms with van der Waals surface area (Å²) in [6.07, 6.45) is -0.759. The molecule has 0 aliphatic rings. The second-order valence-corrected chi connectivity index (χ2v) is 6.07. The first-order chi connectivity index (χ1) is 10.6. The minimum atomic E-state index is -1.06. The van der Waals surface area contributed by atoms with Gasteiger partial charge in [0.1, 0.15) is 5.60 Å². The van der Waals surface area contributed by atoms with Crippen LogP contribution in [0.25, 0.3) is 0 Å². The van der Waals surface area contributed by atoms with Gasteiger partial charge < -0.3 is 15.2 Å². The lowest BCUT2D eigenvalue weighted by Gasteiger charge is -2.23. The predicted molar refractivity (Wildman–Crippen MR) is 82.2 cm³/mol. The maximum Gasteiger partial charge on any atom is 0.407 e. The van der Waals surface area contributed by atoms with E-state index in [1.807, 2.05) is 0 Å². The molecule has 0 saturated heterocycles. The van der Waals surface area contributed by atoms with Gasteiger partial charge in [0.15, 0.2) is 0 Å². The second-order valence-electron chi connectivity index (χ2n) is 6.07. The van der Waals surface area contributed by atoms with Crippen molar-refractivity contribution in [3.8, 4) is 0 Å². The van der Waals surface area contributed by atoms with Crippen LogP contribution in [0.1, 0.15) is 32.8 Å². The Bertz CT molecular complexity index is 577. The highest BCUT2D eigenvalue weighted by Crippen LogP contribution is 2.14. The number of carboxylic acids is 1. The zero-order valence-electron chi connectivity index (χ0n) is 13.2. The summed E-state index contributed by atoms with van der Waals surface area (Å²) in [6.45, 7) is 5.11. The van der Waals surface area contributed by atoms with E-state index in [4.69, 9.17) is 9.84 Å². The first-order valence-corrected chi connectivity index (χ1v) is 7.01. The molecule has 1 aromatic carbocycles. The van der Waals surface area contributed by atoms with Crippen molar-refractivity contribution in [3.63, 3.8) is 0 Å². The van der Waals surface area contributed by atoms with Crippen molar-refractivity contribution in [1.82, 2.24) is 5.32 Å². The number of aliphatic carboxylic acids is 1. The topological polar surface area (TPSA) is 119 Å². The fourth-order valence-corrected chi connectivity index (χ4v) is 1.90. The van der Waals surface area contributed by atoms with Crippen LogP contribution in [-0.2, 0) is 16.0 Å². The van der Waals surface area contributed by atoms with E-state index in [9.17, 15) is 19.7 Å². The first-order valence-electron chi connectivity index (χ1n) is 7.01. The Balaban J connectivity index is 2.76. The lowest BCUT2D eigenvalue weighted by molar-refractivity contribution is -0.384. The predicted octanol–water partition coefficient (Wildman–Crippen LogP) is 2.51. The molecule has 0 radical (unpaired) electrons. The minimum absolute atomic E-state index is 0.0522. The number of carbonyl (C=O) groups excluding carboxylic acids is 1. The molecule has 0 bridgehead atoms. The monoisotopic (exact) mass is 324 g/mol. The van der Waals surface area contributed by atoms with Crippen LogP contribution in [0, 0.1) is 10.1 Å². The minimum Gasteiger partial charge on any atom is -0.481 e. The van der Waals surface area contributed by atoms with Gasteiger partial charge in [-0.25, -0.2) is 4.79 Å². The van der Waals surface area contributed by atoms with Crippen molar-refractivity contribution in [2.75, 3.05) is 0 Å². The molecule has 1 aromatic rings. The van der Waals surface area contributed by atoms with E-state index in [2.05, 4.69) is 5.32 Å². The van der Waals surface area contributed by atoms with Gasteiger partial charge in [0.2, 0.25) is 0 Å². The van der Waals surface area contributed by atoms with Crippen LogP contribution in [-0.4, -0.2) is 33.7 Å². The van der Waals surface area contributed by atoms with Gasteiger partial charge in [-0.05, 0) is 32.8 Å². The lowest BCUT2D eigenvalue weighted by Crippen LogP contribution is -2.41. The first kappa shape index (κ1) is 18.4. The molecule has 1 rings (SSSR count). The molecule has 0 aliphatic carbocycles. The van der Waals surface area contributed by atoms with E-state index in [1.54, 1.807) is 20.8 Å². The molecule has 1 atom stereocenters. The maximum atomic E-state index is 11.8. The van der Waals surface area contributed by atoms with Gasteiger partial charge in [-0.1, -0.05) is 12.1 Å². The molecule has 2 N–H and O–H groups in total. The van der Waals surface area contributed by atoms with Crippen LogP contribution in [0.5, 0.6) is 0 Å². The van der Waals surface area contributed by atoms with Gasteiger partial charge in [0.25, 0.3) is 5.69 Å². The highest BCUT2D eigenvalue weighted by Gasteiger charge is 2.21. The number of alkyl carbamates (subject to hydrolysis) is 1. The second kappa shape index (κ2) is 7.57. The molecule has 1 amide bonds. The molecular weight excluding hydrogens is 304 g/mol. The van der Waals surface area contributed by atoms with Crippen LogP contribution in [0.15, 0.2) is 24.3 Å². The Morgan fingerprint density at radius 3 is 2.30 bits per heavy atom. The molecule has 0 aromatic heterocycles. The number of nitro groups is 1. The van der Waals surface area contributed by atoms with Crippen LogP contribution in [0.2, 0.25) is 0 Å². The quantitative estimate of drug-likeness (QED) is 0.613. The van der Waals surface area contributed by atoms with Crippen molar-refractivity contribution in [2.24, 2.45) is 0 Å². The summed E-state index contributed by atoms with van der Waals surface area (Å²) in [5.41, 5.74) is -0.0628. The number of nitrogens with zero attached hydrogens (tertiary/aromatic N) is 1. The zero-order chi connectivity index (χ0) is 17.6. The molecule has 0 spiro atoms. The Kier molecular flexibility index (Phi) is 6.06. The largest absolute Gasteiger partial charge is 0.481 e. The number of amides is 1. The number of nitro benzene ring substituents is 1. The van der Waals surface area contributed by atoms with Gasteiger partial charge in [0.05, 0.1) is 11.3 Å². The Morgan fingerprint density at radius 2 is 1.87 bits per heavy atom. The number of hydrogen-bond donors (Lipinski definition) is 2.